The zero-order valence-electron chi connectivity index (χ0n) is 11.2. The van der Waals surface area contributed by atoms with Crippen LogP contribution in [-0.2, 0) is 0 Å². The summed E-state index contributed by atoms with van der Waals surface area (Å²) < 4.78 is 13.8. The molecular weight excluding hydrogens is 245 g/mol. The Bertz CT molecular complexity index is 517. The number of nitrogens with one attached hydrogen (secondary N) is 1. The van der Waals surface area contributed by atoms with Gasteiger partial charge in [-0.2, -0.15) is 4.39 Å². The summed E-state index contributed by atoms with van der Waals surface area (Å²) in [6.45, 7) is 7.28. The second-order valence-electron chi connectivity index (χ2n) is 6.00. The highest BCUT2D eigenvalue weighted by Gasteiger charge is 2.49. The van der Waals surface area contributed by atoms with E-state index < -0.39 is 5.95 Å². The van der Waals surface area contributed by atoms with Crippen molar-refractivity contribution in [2.24, 2.45) is 5.41 Å². The van der Waals surface area contributed by atoms with Crippen LogP contribution in [0.1, 0.15) is 35.8 Å². The lowest BCUT2D eigenvalue weighted by molar-refractivity contribution is -0.0252. The van der Waals surface area contributed by atoms with Crippen LogP contribution in [0.15, 0.2) is 12.1 Å². The van der Waals surface area contributed by atoms with E-state index in [-0.39, 0.29) is 22.9 Å². The molecule has 1 aromatic heterocycles. The Labute approximate surface area is 112 Å². The highest BCUT2D eigenvalue weighted by atomic mass is 19.1. The normalized spacial score (nSPS) is 20.3. The molecule has 102 valence electrons. The standard InChI is InChI=1S/C14H18FN3O/c1-9(2)10-3-4-11(17-12(10)15)13(19)18-7-14(8-18)5-16-6-14/h3-4,9,16H,5-8H2,1-2H3. The predicted octanol–water partition coefficient (Wildman–Crippen LogP) is 1.39. The summed E-state index contributed by atoms with van der Waals surface area (Å²) in [5, 5.41) is 3.22. The minimum Gasteiger partial charge on any atom is -0.336 e. The number of nitrogens with zero attached hydrogens (tertiary/aromatic N) is 2. The monoisotopic (exact) mass is 263 g/mol. The van der Waals surface area contributed by atoms with Crippen molar-refractivity contribution in [3.8, 4) is 0 Å². The van der Waals surface area contributed by atoms with Crippen molar-refractivity contribution in [1.29, 1.82) is 0 Å². The lowest BCUT2D eigenvalue weighted by Crippen LogP contribution is -2.71. The van der Waals surface area contributed by atoms with Crippen LogP contribution in [0.2, 0.25) is 0 Å². The van der Waals surface area contributed by atoms with Gasteiger partial charge in [0.2, 0.25) is 5.95 Å². The second kappa shape index (κ2) is 4.27. The van der Waals surface area contributed by atoms with Crippen molar-refractivity contribution in [3.05, 3.63) is 29.3 Å². The molecule has 1 aromatic rings. The molecular formula is C14H18FN3O. The first kappa shape index (κ1) is 12.5. The molecule has 4 nitrogen and oxygen atoms in total. The van der Waals surface area contributed by atoms with Gasteiger partial charge in [-0.25, -0.2) is 4.98 Å². The molecule has 5 heteroatoms. The van der Waals surface area contributed by atoms with E-state index in [0.717, 1.165) is 26.2 Å². The van der Waals surface area contributed by atoms with Crippen molar-refractivity contribution >= 4 is 5.91 Å². The Kier molecular flexibility index (Phi) is 2.82. The quantitative estimate of drug-likeness (QED) is 0.820. The number of rotatable bonds is 2. The Balaban J connectivity index is 1.72. The van der Waals surface area contributed by atoms with Gasteiger partial charge < -0.3 is 10.2 Å². The van der Waals surface area contributed by atoms with Gasteiger partial charge in [-0.15, -0.1) is 0 Å². The van der Waals surface area contributed by atoms with Crippen LogP contribution in [0, 0.1) is 11.4 Å². The molecule has 1 N–H and O–H groups in total. The minimum absolute atomic E-state index is 0.0741. The van der Waals surface area contributed by atoms with Gasteiger partial charge in [0.1, 0.15) is 5.69 Å². The zero-order chi connectivity index (χ0) is 13.6. The Morgan fingerprint density at radius 2 is 2.11 bits per heavy atom. The number of hydrogen-bond acceptors (Lipinski definition) is 3. The van der Waals surface area contributed by atoms with Crippen LogP contribution in [0.3, 0.4) is 0 Å². The van der Waals surface area contributed by atoms with Crippen molar-refractivity contribution in [1.82, 2.24) is 15.2 Å². The highest BCUT2D eigenvalue weighted by Crippen LogP contribution is 2.34. The van der Waals surface area contributed by atoms with E-state index >= 15 is 0 Å². The van der Waals surface area contributed by atoms with Gasteiger partial charge in [0, 0.05) is 37.2 Å². The van der Waals surface area contributed by atoms with E-state index in [0.29, 0.717) is 5.56 Å². The molecule has 2 fully saturated rings. The first-order valence-corrected chi connectivity index (χ1v) is 6.67. The third-order valence-corrected chi connectivity index (χ3v) is 4.06. The van der Waals surface area contributed by atoms with E-state index in [2.05, 4.69) is 10.3 Å². The molecule has 2 aliphatic rings. The maximum atomic E-state index is 13.8. The number of hydrogen-bond donors (Lipinski definition) is 1. The lowest BCUT2D eigenvalue weighted by atomic mass is 9.74. The number of amides is 1. The number of likely N-dealkylation sites (tertiary alicyclic amines) is 1. The van der Waals surface area contributed by atoms with Gasteiger partial charge in [-0.05, 0) is 12.0 Å². The van der Waals surface area contributed by atoms with Crippen LogP contribution in [0.4, 0.5) is 4.39 Å². The van der Waals surface area contributed by atoms with Crippen molar-refractivity contribution in [3.63, 3.8) is 0 Å². The number of carbonyl (C=O) groups excluding carboxylic acids is 1. The first-order valence-electron chi connectivity index (χ1n) is 6.67. The van der Waals surface area contributed by atoms with E-state index in [4.69, 9.17) is 0 Å². The van der Waals surface area contributed by atoms with Crippen molar-refractivity contribution in [2.45, 2.75) is 19.8 Å². The highest BCUT2D eigenvalue weighted by molar-refractivity contribution is 5.93. The molecule has 1 spiro atoms. The largest absolute Gasteiger partial charge is 0.336 e. The molecule has 1 amide bonds. The van der Waals surface area contributed by atoms with Crippen LogP contribution >= 0.6 is 0 Å². The van der Waals surface area contributed by atoms with Gasteiger partial charge in [-0.1, -0.05) is 19.9 Å². The number of pyridine rings is 1. The molecule has 0 radical (unpaired) electrons. The zero-order valence-corrected chi connectivity index (χ0v) is 11.2. The second-order valence-corrected chi connectivity index (χ2v) is 6.00. The topological polar surface area (TPSA) is 45.2 Å². The summed E-state index contributed by atoms with van der Waals surface area (Å²) in [6.07, 6.45) is 0. The third-order valence-electron chi connectivity index (χ3n) is 4.06. The summed E-state index contributed by atoms with van der Waals surface area (Å²) in [4.78, 5) is 17.7. The first-order chi connectivity index (χ1) is 9.01. The van der Waals surface area contributed by atoms with Crippen LogP contribution < -0.4 is 5.32 Å². The van der Waals surface area contributed by atoms with Crippen LogP contribution in [0.25, 0.3) is 0 Å². The van der Waals surface area contributed by atoms with Crippen LogP contribution in [-0.4, -0.2) is 42.0 Å². The molecule has 2 saturated heterocycles. The van der Waals surface area contributed by atoms with Gasteiger partial charge in [0.15, 0.2) is 0 Å². The number of halogens is 1. The summed E-state index contributed by atoms with van der Waals surface area (Å²) in [6, 6.07) is 3.30. The van der Waals surface area contributed by atoms with E-state index in [1.165, 1.54) is 0 Å². The minimum atomic E-state index is -0.526. The number of aromatic nitrogens is 1. The fraction of sp³-hybridized carbons (Fsp3) is 0.571. The average Bonchev–Trinajstić information content (AvgIpc) is 2.24. The molecule has 2 aliphatic heterocycles. The maximum Gasteiger partial charge on any atom is 0.272 e. The molecule has 0 atom stereocenters. The Hall–Kier alpha value is -1.49. The summed E-state index contributed by atoms with van der Waals surface area (Å²) in [5.41, 5.74) is 1.05. The smallest absolute Gasteiger partial charge is 0.272 e. The van der Waals surface area contributed by atoms with Crippen molar-refractivity contribution < 1.29 is 9.18 Å². The van der Waals surface area contributed by atoms with E-state index in [1.54, 1.807) is 17.0 Å². The van der Waals surface area contributed by atoms with E-state index in [1.807, 2.05) is 13.8 Å². The Morgan fingerprint density at radius 3 is 2.58 bits per heavy atom. The van der Waals surface area contributed by atoms with Gasteiger partial charge in [0.25, 0.3) is 5.91 Å². The number of carbonyl (C=O) groups is 1. The summed E-state index contributed by atoms with van der Waals surface area (Å²) >= 11 is 0. The maximum absolute atomic E-state index is 13.8. The summed E-state index contributed by atoms with van der Waals surface area (Å²) in [5.74, 6) is -0.613. The van der Waals surface area contributed by atoms with Gasteiger partial charge >= 0.3 is 0 Å². The molecule has 19 heavy (non-hydrogen) atoms. The fourth-order valence-electron chi connectivity index (χ4n) is 2.77. The SMILES string of the molecule is CC(C)c1ccc(C(=O)N2CC3(CNC3)C2)nc1F. The molecule has 0 aliphatic carbocycles. The average molecular weight is 263 g/mol. The van der Waals surface area contributed by atoms with E-state index in [9.17, 15) is 9.18 Å². The lowest BCUT2D eigenvalue weighted by Gasteiger charge is -2.55. The third kappa shape index (κ3) is 2.02. The summed E-state index contributed by atoms with van der Waals surface area (Å²) in [7, 11) is 0. The van der Waals surface area contributed by atoms with Gasteiger partial charge in [-0.3, -0.25) is 4.79 Å². The van der Waals surface area contributed by atoms with Gasteiger partial charge in [0.05, 0.1) is 0 Å². The molecule has 0 unspecified atom stereocenters. The predicted molar refractivity (Wildman–Crippen MR) is 69.5 cm³/mol. The molecule has 0 bridgehead atoms. The molecule has 0 aromatic carbocycles. The fourth-order valence-corrected chi connectivity index (χ4v) is 2.77. The van der Waals surface area contributed by atoms with Crippen molar-refractivity contribution in [2.75, 3.05) is 26.2 Å². The molecule has 0 saturated carbocycles. The van der Waals surface area contributed by atoms with Crippen LogP contribution in [0.5, 0.6) is 0 Å². The molecule has 3 heterocycles. The molecule has 3 rings (SSSR count). The Morgan fingerprint density at radius 1 is 1.42 bits per heavy atom.